The molecular weight excluding hydrogens is 306 g/mol. The van der Waals surface area contributed by atoms with Crippen LogP contribution in [-0.4, -0.2) is 47.5 Å². The van der Waals surface area contributed by atoms with Gasteiger partial charge in [0.2, 0.25) is 11.9 Å². The summed E-state index contributed by atoms with van der Waals surface area (Å²) in [4.78, 5) is 37.1. The molecule has 118 valence electrons. The summed E-state index contributed by atoms with van der Waals surface area (Å²) < 4.78 is 9.81. The van der Waals surface area contributed by atoms with Gasteiger partial charge >= 0.3 is 11.9 Å². The van der Waals surface area contributed by atoms with Gasteiger partial charge in [-0.25, -0.2) is 9.59 Å². The summed E-state index contributed by atoms with van der Waals surface area (Å²) in [6.45, 7) is 0.0408. The minimum atomic E-state index is -1.34. The first-order valence-electron chi connectivity index (χ1n) is 6.70. The largest absolute Gasteiger partial charge is 0.467 e. The summed E-state index contributed by atoms with van der Waals surface area (Å²) in [7, 11) is 1.18. The molecule has 1 fully saturated rings. The molecule has 7 heteroatoms. The van der Waals surface area contributed by atoms with Crippen molar-refractivity contribution in [3.05, 3.63) is 35.9 Å². The minimum absolute atomic E-state index is 0.0408. The molecular formula is C15H17NO5S. The maximum atomic E-state index is 12.2. The van der Waals surface area contributed by atoms with Crippen molar-refractivity contribution in [3.63, 3.8) is 0 Å². The van der Waals surface area contributed by atoms with Gasteiger partial charge in [-0.2, -0.15) is 0 Å². The van der Waals surface area contributed by atoms with Crippen molar-refractivity contribution in [2.45, 2.75) is 24.4 Å². The Labute approximate surface area is 132 Å². The first-order valence-corrected chi connectivity index (χ1v) is 7.99. The van der Waals surface area contributed by atoms with E-state index >= 15 is 0 Å². The molecule has 1 amide bonds. The van der Waals surface area contributed by atoms with Crippen LogP contribution in [0.3, 0.4) is 0 Å². The van der Waals surface area contributed by atoms with Crippen LogP contribution in [0.25, 0.3) is 0 Å². The molecule has 0 spiro atoms. The SMILES string of the molecule is COC(=O)C(C(=O)OCc1ccccc1)N1C(=O)CC1SC. The molecule has 1 aliphatic rings. The molecule has 1 saturated heterocycles. The molecule has 0 aromatic heterocycles. The van der Waals surface area contributed by atoms with E-state index in [9.17, 15) is 14.4 Å². The smallest absolute Gasteiger partial charge is 0.341 e. The predicted molar refractivity (Wildman–Crippen MR) is 80.8 cm³/mol. The third-order valence-electron chi connectivity index (χ3n) is 3.37. The summed E-state index contributed by atoms with van der Waals surface area (Å²) in [6, 6.07) is 7.77. The lowest BCUT2D eigenvalue weighted by Crippen LogP contribution is -2.61. The van der Waals surface area contributed by atoms with Gasteiger partial charge in [0.15, 0.2) is 0 Å². The highest BCUT2D eigenvalue weighted by Crippen LogP contribution is 2.30. The molecule has 0 saturated carbocycles. The van der Waals surface area contributed by atoms with Crippen LogP contribution < -0.4 is 0 Å². The number of methoxy groups -OCH3 is 1. The number of likely N-dealkylation sites (tertiary alicyclic amines) is 1. The van der Waals surface area contributed by atoms with Crippen molar-refractivity contribution in [2.75, 3.05) is 13.4 Å². The number of benzene rings is 1. The number of thioether (sulfide) groups is 1. The van der Waals surface area contributed by atoms with E-state index in [4.69, 9.17) is 4.74 Å². The van der Waals surface area contributed by atoms with Crippen LogP contribution in [0.1, 0.15) is 12.0 Å². The van der Waals surface area contributed by atoms with Crippen molar-refractivity contribution in [3.8, 4) is 0 Å². The van der Waals surface area contributed by atoms with Gasteiger partial charge in [-0.1, -0.05) is 30.3 Å². The first kappa shape index (κ1) is 16.4. The zero-order valence-electron chi connectivity index (χ0n) is 12.4. The van der Waals surface area contributed by atoms with Crippen molar-refractivity contribution < 1.29 is 23.9 Å². The first-order chi connectivity index (χ1) is 10.6. The van der Waals surface area contributed by atoms with E-state index in [1.165, 1.54) is 23.8 Å². The highest BCUT2D eigenvalue weighted by molar-refractivity contribution is 7.99. The Morgan fingerprint density at radius 1 is 1.32 bits per heavy atom. The Morgan fingerprint density at radius 2 is 2.00 bits per heavy atom. The maximum absolute atomic E-state index is 12.2. The number of nitrogens with zero attached hydrogens (tertiary/aromatic N) is 1. The molecule has 1 aliphatic heterocycles. The number of hydrogen-bond donors (Lipinski definition) is 0. The second-order valence-corrected chi connectivity index (χ2v) is 5.73. The second-order valence-electron chi connectivity index (χ2n) is 4.71. The molecule has 0 N–H and O–H groups in total. The number of β-lactam (4-membered cyclic amide) rings is 1. The third kappa shape index (κ3) is 3.41. The highest BCUT2D eigenvalue weighted by Gasteiger charge is 2.48. The molecule has 2 atom stereocenters. The molecule has 1 aromatic carbocycles. The minimum Gasteiger partial charge on any atom is -0.467 e. The van der Waals surface area contributed by atoms with Crippen molar-refractivity contribution in [1.29, 1.82) is 0 Å². The molecule has 6 nitrogen and oxygen atoms in total. The fourth-order valence-corrected chi connectivity index (χ4v) is 2.93. The highest BCUT2D eigenvalue weighted by atomic mass is 32.2. The summed E-state index contributed by atoms with van der Waals surface area (Å²) in [5, 5.41) is -0.208. The number of esters is 2. The topological polar surface area (TPSA) is 72.9 Å². The summed E-state index contributed by atoms with van der Waals surface area (Å²) in [6.07, 6.45) is 2.12. The Hall–Kier alpha value is -2.02. The third-order valence-corrected chi connectivity index (χ3v) is 4.31. The van der Waals surface area contributed by atoms with Gasteiger partial charge in [-0.05, 0) is 11.8 Å². The van der Waals surface area contributed by atoms with E-state index in [1.54, 1.807) is 12.1 Å². The van der Waals surface area contributed by atoms with Crippen LogP contribution in [0.4, 0.5) is 0 Å². The maximum Gasteiger partial charge on any atom is 0.341 e. The average molecular weight is 323 g/mol. The fraction of sp³-hybridized carbons (Fsp3) is 0.400. The number of carbonyl (C=O) groups is 3. The van der Waals surface area contributed by atoms with Gasteiger partial charge in [-0.3, -0.25) is 4.79 Å². The van der Waals surface area contributed by atoms with E-state index < -0.39 is 18.0 Å². The number of carbonyl (C=O) groups excluding carboxylic acids is 3. The number of ether oxygens (including phenoxy) is 2. The lowest BCUT2D eigenvalue weighted by Gasteiger charge is -2.42. The van der Waals surface area contributed by atoms with Crippen LogP contribution in [0.2, 0.25) is 0 Å². The van der Waals surface area contributed by atoms with Gasteiger partial charge in [0.1, 0.15) is 6.61 Å². The van der Waals surface area contributed by atoms with Gasteiger partial charge in [0, 0.05) is 0 Å². The predicted octanol–water partition coefficient (Wildman–Crippen LogP) is 1.19. The van der Waals surface area contributed by atoms with Crippen LogP contribution in [0.5, 0.6) is 0 Å². The Balaban J connectivity index is 2.07. The van der Waals surface area contributed by atoms with Gasteiger partial charge < -0.3 is 14.4 Å². The van der Waals surface area contributed by atoms with Crippen molar-refractivity contribution >= 4 is 29.6 Å². The Kier molecular flexibility index (Phi) is 5.43. The van der Waals surface area contributed by atoms with Gasteiger partial charge in [-0.15, -0.1) is 11.8 Å². The molecule has 0 radical (unpaired) electrons. The standard InChI is InChI=1S/C15H17NO5S/c1-20-14(18)13(16-11(17)8-12(16)22-2)15(19)21-9-10-6-4-3-5-7-10/h3-7,12-13H,8-9H2,1-2H3. The molecule has 2 unspecified atom stereocenters. The molecule has 1 aromatic rings. The Morgan fingerprint density at radius 3 is 2.55 bits per heavy atom. The van der Waals surface area contributed by atoms with Crippen LogP contribution in [0, 0.1) is 0 Å². The lowest BCUT2D eigenvalue weighted by atomic mass is 10.1. The summed E-state index contributed by atoms with van der Waals surface area (Å²) in [5.41, 5.74) is 0.802. The van der Waals surface area contributed by atoms with Gasteiger partial charge in [0.25, 0.3) is 0 Å². The van der Waals surface area contributed by atoms with Crippen molar-refractivity contribution in [2.24, 2.45) is 0 Å². The monoisotopic (exact) mass is 323 g/mol. The number of amides is 1. The quantitative estimate of drug-likeness (QED) is 0.445. The van der Waals surface area contributed by atoms with Crippen LogP contribution in [-0.2, 0) is 30.5 Å². The molecule has 1 heterocycles. The molecule has 0 bridgehead atoms. The van der Waals surface area contributed by atoms with Gasteiger partial charge in [0.05, 0.1) is 18.9 Å². The molecule has 2 rings (SSSR count). The van der Waals surface area contributed by atoms with Crippen molar-refractivity contribution in [1.82, 2.24) is 4.90 Å². The van der Waals surface area contributed by atoms with E-state index in [0.29, 0.717) is 6.42 Å². The summed E-state index contributed by atoms with van der Waals surface area (Å²) in [5.74, 6) is -1.82. The normalized spacial score (nSPS) is 18.4. The van der Waals surface area contributed by atoms with E-state index in [2.05, 4.69) is 4.74 Å². The Bertz CT molecular complexity index is 562. The molecule has 22 heavy (non-hydrogen) atoms. The van der Waals surface area contributed by atoms with Crippen LogP contribution >= 0.6 is 11.8 Å². The number of hydrogen-bond acceptors (Lipinski definition) is 6. The average Bonchev–Trinajstić information content (AvgIpc) is 2.55. The lowest BCUT2D eigenvalue weighted by molar-refractivity contribution is -0.173. The summed E-state index contributed by atoms with van der Waals surface area (Å²) >= 11 is 1.40. The second kappa shape index (κ2) is 7.31. The van der Waals surface area contributed by atoms with Crippen LogP contribution in [0.15, 0.2) is 30.3 Å². The zero-order valence-corrected chi connectivity index (χ0v) is 13.2. The number of rotatable bonds is 6. The molecule has 0 aliphatic carbocycles. The van der Waals surface area contributed by atoms with E-state index in [1.807, 2.05) is 24.5 Å². The van der Waals surface area contributed by atoms with E-state index in [-0.39, 0.29) is 17.9 Å². The zero-order chi connectivity index (χ0) is 16.1. The van der Waals surface area contributed by atoms with E-state index in [0.717, 1.165) is 5.56 Å². The fourth-order valence-electron chi connectivity index (χ4n) is 2.15.